The minimum Gasteiger partial charge on any atom is -0.508 e. The van der Waals surface area contributed by atoms with Gasteiger partial charge in [0, 0.05) is 34.9 Å². The van der Waals surface area contributed by atoms with E-state index in [1.807, 2.05) is 75.8 Å². The third-order valence-corrected chi connectivity index (χ3v) is 13.3. The van der Waals surface area contributed by atoms with E-state index in [2.05, 4.69) is 26.6 Å². The zero-order chi connectivity index (χ0) is 74.7. The van der Waals surface area contributed by atoms with Gasteiger partial charge < -0.3 is 62.3 Å². The van der Waals surface area contributed by atoms with Crippen LogP contribution >= 0.6 is 0 Å². The normalized spacial score (nSPS) is 10.2. The summed E-state index contributed by atoms with van der Waals surface area (Å²) >= 11 is 0. The highest BCUT2D eigenvalue weighted by Gasteiger charge is 2.23. The number of benzene rings is 5. The number of phenolic OH excluding ortho intramolecular Hbond substituents is 2. The van der Waals surface area contributed by atoms with Crippen molar-refractivity contribution in [3.05, 3.63) is 269 Å². The number of carbonyl (C=O) groups excluding carboxylic acids is 6. The van der Waals surface area contributed by atoms with Crippen LogP contribution in [0.2, 0.25) is 0 Å². The van der Waals surface area contributed by atoms with Crippen LogP contribution in [-0.2, 0) is 17.6 Å². The molecule has 5 heterocycles. The maximum Gasteiger partial charge on any atom is 0.328 e. The summed E-state index contributed by atoms with van der Waals surface area (Å²) in [7, 11) is 0. The van der Waals surface area contributed by atoms with Crippen LogP contribution in [0.4, 0.5) is 28.4 Å². The number of anilines is 5. The molecule has 0 saturated heterocycles. The number of phenols is 2. The quantitative estimate of drug-likeness (QED) is 0.0720. The number of aromatic amines is 10. The highest BCUT2D eigenvalue weighted by molar-refractivity contribution is 6.08. The SMILES string of the molecule is CC(=O)Cc1ccc(NC(=O)c2c(O)[nH]c(=O)[nH]c2=O)cc1.CCc1ccc(NC(=O)c2c(O)[nH]c(=O)[nH]c2=O)cc1.Cc1cc(NC(=O)c2c(O)[nH]c(=O)[nH]c2=O)ccc1O.Cc1cc(NC(=O)c2c(O)[nH]c(=O)[nH]c2=O)ccc1O.Cc1ccc(NC(=O)c2c(O)[nH]c(=O)[nH]c2=O)cc1. The van der Waals surface area contributed by atoms with Crippen LogP contribution in [0.15, 0.2) is 157 Å². The van der Waals surface area contributed by atoms with E-state index in [1.54, 1.807) is 74.5 Å². The van der Waals surface area contributed by atoms with Crippen molar-refractivity contribution >= 4 is 63.8 Å². The molecular weight excluding hydrogens is 1330 g/mol. The van der Waals surface area contributed by atoms with Crippen LogP contribution in [0.1, 0.15) is 93.5 Å². The number of H-pyrrole nitrogens is 10. The van der Waals surface area contributed by atoms with Gasteiger partial charge in [0.25, 0.3) is 57.3 Å². The van der Waals surface area contributed by atoms with E-state index in [1.165, 1.54) is 43.3 Å². The molecule has 101 heavy (non-hydrogen) atoms. The summed E-state index contributed by atoms with van der Waals surface area (Å²) in [6.07, 6.45) is 1.16. The number of hydrogen-bond acceptors (Lipinski definition) is 23. The second kappa shape index (κ2) is 33.5. The average molecular weight is 1390 g/mol. The Balaban J connectivity index is 0.000000199. The Labute approximate surface area is 560 Å². The first kappa shape index (κ1) is 75.2. The molecule has 38 nitrogen and oxygen atoms in total. The molecular formula is C63H59N15O23. The summed E-state index contributed by atoms with van der Waals surface area (Å²) < 4.78 is 0. The predicted molar refractivity (Wildman–Crippen MR) is 360 cm³/mol. The molecule has 5 aromatic carbocycles. The third-order valence-electron chi connectivity index (χ3n) is 13.3. The Morgan fingerprint density at radius 3 is 0.772 bits per heavy atom. The number of aromatic hydroxyl groups is 7. The maximum absolute atomic E-state index is 12.0. The van der Waals surface area contributed by atoms with Crippen molar-refractivity contribution in [1.82, 2.24) is 49.8 Å². The Morgan fingerprint density at radius 1 is 0.317 bits per heavy atom. The molecule has 0 unspecified atom stereocenters. The lowest BCUT2D eigenvalue weighted by atomic mass is 10.1. The van der Waals surface area contributed by atoms with Crippen molar-refractivity contribution in [2.24, 2.45) is 0 Å². The number of aromatic nitrogens is 10. The van der Waals surface area contributed by atoms with Crippen molar-refractivity contribution in [3.8, 4) is 40.9 Å². The van der Waals surface area contributed by atoms with E-state index in [0.717, 1.165) is 23.1 Å². The third kappa shape index (κ3) is 21.1. The highest BCUT2D eigenvalue weighted by Crippen LogP contribution is 2.23. The van der Waals surface area contributed by atoms with E-state index in [-0.39, 0.29) is 23.7 Å². The topological polar surface area (TPSA) is 633 Å². The number of rotatable bonds is 13. The number of Topliss-reactive ketones (excluding diaryl/α,β-unsaturated/α-hetero) is 1. The van der Waals surface area contributed by atoms with Gasteiger partial charge in [0.15, 0.2) is 27.8 Å². The van der Waals surface area contributed by atoms with Gasteiger partial charge in [0.05, 0.1) is 0 Å². The number of ketones is 1. The number of carbonyl (C=O) groups is 6. The van der Waals surface area contributed by atoms with Crippen LogP contribution in [0.5, 0.6) is 40.9 Å². The van der Waals surface area contributed by atoms with Crippen molar-refractivity contribution in [2.45, 2.75) is 47.5 Å². The van der Waals surface area contributed by atoms with E-state index >= 15 is 0 Å². The van der Waals surface area contributed by atoms with Crippen molar-refractivity contribution in [2.75, 3.05) is 26.6 Å². The van der Waals surface area contributed by atoms with Gasteiger partial charge in [-0.2, -0.15) is 0 Å². The van der Waals surface area contributed by atoms with Crippen LogP contribution in [0, 0.1) is 20.8 Å². The lowest BCUT2D eigenvalue weighted by molar-refractivity contribution is -0.116. The number of aryl methyl sites for hydroxylation is 4. The fourth-order valence-electron chi connectivity index (χ4n) is 8.31. The van der Waals surface area contributed by atoms with E-state index < -0.39 is 143 Å². The fourth-order valence-corrected chi connectivity index (χ4v) is 8.31. The fraction of sp³-hybridized carbons (Fsp3) is 0.111. The minimum atomic E-state index is -1.00. The van der Waals surface area contributed by atoms with Crippen molar-refractivity contribution in [3.63, 3.8) is 0 Å². The summed E-state index contributed by atoms with van der Waals surface area (Å²) in [5, 5.41) is 78.1. The molecule has 0 aliphatic heterocycles. The van der Waals surface area contributed by atoms with Gasteiger partial charge in [-0.1, -0.05) is 48.9 Å². The number of hydrogen-bond donors (Lipinski definition) is 22. The average Bonchev–Trinajstić information content (AvgIpc) is 0.847. The monoisotopic (exact) mass is 1390 g/mol. The summed E-state index contributed by atoms with van der Waals surface area (Å²) in [5.74, 6) is -8.06. The maximum atomic E-state index is 12.0. The molecule has 5 aromatic heterocycles. The first-order chi connectivity index (χ1) is 47.6. The van der Waals surface area contributed by atoms with E-state index in [4.69, 9.17) is 0 Å². The van der Waals surface area contributed by atoms with Crippen LogP contribution in [0.25, 0.3) is 0 Å². The highest BCUT2D eigenvalue weighted by atomic mass is 16.3. The smallest absolute Gasteiger partial charge is 0.328 e. The molecule has 0 bridgehead atoms. The van der Waals surface area contributed by atoms with Gasteiger partial charge in [0.2, 0.25) is 29.4 Å². The zero-order valence-electron chi connectivity index (χ0n) is 53.0. The van der Waals surface area contributed by atoms with Gasteiger partial charge in [0.1, 0.15) is 17.3 Å². The summed E-state index contributed by atoms with van der Waals surface area (Å²) in [6, 6.07) is 29.0. The second-order valence-electron chi connectivity index (χ2n) is 20.9. The first-order valence-electron chi connectivity index (χ1n) is 28.8. The van der Waals surface area contributed by atoms with Gasteiger partial charge in [-0.25, -0.2) is 24.0 Å². The first-order valence-corrected chi connectivity index (χ1v) is 28.8. The molecule has 0 aliphatic carbocycles. The van der Waals surface area contributed by atoms with Crippen LogP contribution in [0.3, 0.4) is 0 Å². The molecule has 38 heteroatoms. The van der Waals surface area contributed by atoms with Crippen LogP contribution in [-0.4, -0.2) is 121 Å². The predicted octanol–water partition coefficient (Wildman–Crippen LogP) is 1.14. The van der Waals surface area contributed by atoms with Gasteiger partial charge in [-0.15, -0.1) is 0 Å². The van der Waals surface area contributed by atoms with Gasteiger partial charge in [-0.3, -0.25) is 103 Å². The van der Waals surface area contributed by atoms with Crippen LogP contribution < -0.4 is 82.8 Å². The standard InChI is InChI=1S/C14H13N3O5.C13H13N3O4.2C12H11N3O5.C12H11N3O4/c1-7(18)6-8-2-4-9(5-3-8)15-11(19)10-12(20)16-14(22)17-13(10)21;1-2-7-3-5-8(6-4-7)14-10(17)9-11(18)15-13(20)16-12(9)19;2*1-5-4-6(2-3-7(5)16)13-9(17)8-10(18)14-12(20)15-11(8)19;1-6-2-4-7(5-3-6)13-9(16)8-10(17)14-12(19)15-11(8)18/h2-5H,6H2,1H3,(H,15,19)(H3,16,17,20,21,22);3-6H,2H2,1H3,(H,14,17)(H3,15,16,18,19,20);2*2-4,16H,1H3,(H,13,17)(H3,14,15,18,19,20);2-5H,1H3,(H,13,16)(H3,14,15,17,18,19). The lowest BCUT2D eigenvalue weighted by Crippen LogP contribution is -2.30. The summed E-state index contributed by atoms with van der Waals surface area (Å²) in [4.78, 5) is 201. The van der Waals surface area contributed by atoms with E-state index in [0.29, 0.717) is 39.6 Å². The summed E-state index contributed by atoms with van der Waals surface area (Å²) in [5.41, 5.74) is -6.30. The molecule has 10 aromatic rings. The van der Waals surface area contributed by atoms with Crippen molar-refractivity contribution < 1.29 is 64.5 Å². The Hall–Kier alpha value is -14.9. The zero-order valence-corrected chi connectivity index (χ0v) is 53.0. The molecule has 0 radical (unpaired) electrons. The molecule has 5 amide bonds. The largest absolute Gasteiger partial charge is 0.508 e. The number of amides is 5. The molecule has 22 N–H and O–H groups in total. The molecule has 0 aliphatic rings. The lowest BCUT2D eigenvalue weighted by Gasteiger charge is -2.07. The molecule has 0 atom stereocenters. The number of nitrogens with one attached hydrogen (secondary N) is 15. The van der Waals surface area contributed by atoms with Gasteiger partial charge in [-0.05, 0) is 129 Å². The minimum absolute atomic E-state index is 0.0153. The van der Waals surface area contributed by atoms with Crippen molar-refractivity contribution in [1.29, 1.82) is 0 Å². The molecule has 0 fully saturated rings. The Morgan fingerprint density at radius 2 is 0.545 bits per heavy atom. The second-order valence-corrected chi connectivity index (χ2v) is 20.9. The Kier molecular flexibility index (Phi) is 24.9. The molecule has 524 valence electrons. The summed E-state index contributed by atoms with van der Waals surface area (Å²) in [6.45, 7) is 8.64. The van der Waals surface area contributed by atoms with E-state index in [9.17, 15) is 112 Å². The Bertz CT molecular complexity index is 5310. The molecule has 10 rings (SSSR count). The van der Waals surface area contributed by atoms with Gasteiger partial charge >= 0.3 is 28.4 Å². The molecule has 0 saturated carbocycles. The molecule has 0 spiro atoms.